The van der Waals surface area contributed by atoms with E-state index in [1.54, 1.807) is 30.2 Å². The number of carbonyl (C=O) groups is 2. The minimum absolute atomic E-state index is 0.0196. The molecule has 0 spiro atoms. The normalized spacial score (nSPS) is 14.2. The number of rotatable bonds is 7. The summed E-state index contributed by atoms with van der Waals surface area (Å²) < 4.78 is 16.0. The molecular formula is C23H28N2O5. The van der Waals surface area contributed by atoms with Crippen LogP contribution in [-0.4, -0.2) is 56.7 Å². The number of aryl methyl sites for hydroxylation is 1. The minimum Gasteiger partial charge on any atom is -0.493 e. The molecule has 2 amide bonds. The first-order chi connectivity index (χ1) is 14.5. The fraction of sp³-hybridized carbons (Fsp3) is 0.391. The lowest BCUT2D eigenvalue weighted by atomic mass is 10.0. The Balaban J connectivity index is 1.46. The Labute approximate surface area is 176 Å². The maximum Gasteiger partial charge on any atom is 0.260 e. The molecule has 0 atom stereocenters. The molecule has 0 aliphatic carbocycles. The molecule has 1 saturated heterocycles. The topological polar surface area (TPSA) is 77.1 Å². The van der Waals surface area contributed by atoms with Gasteiger partial charge >= 0.3 is 0 Å². The Bertz CT molecular complexity index is 874. The Hall–Kier alpha value is -3.22. The van der Waals surface area contributed by atoms with Crippen LogP contribution in [0.15, 0.2) is 42.5 Å². The van der Waals surface area contributed by atoms with Crippen LogP contribution >= 0.6 is 0 Å². The highest BCUT2D eigenvalue weighted by Crippen LogP contribution is 2.27. The number of hydrogen-bond donors (Lipinski definition) is 1. The summed E-state index contributed by atoms with van der Waals surface area (Å²) in [6.07, 6.45) is 1.41. The van der Waals surface area contributed by atoms with Gasteiger partial charge in [-0.1, -0.05) is 17.7 Å². The van der Waals surface area contributed by atoms with Crippen LogP contribution in [0.5, 0.6) is 17.2 Å². The first kappa shape index (κ1) is 21.5. The van der Waals surface area contributed by atoms with E-state index in [1.165, 1.54) is 7.11 Å². The lowest BCUT2D eigenvalue weighted by Gasteiger charge is -2.32. The van der Waals surface area contributed by atoms with Crippen molar-refractivity contribution >= 4 is 11.8 Å². The van der Waals surface area contributed by atoms with Gasteiger partial charge in [0.15, 0.2) is 18.1 Å². The summed E-state index contributed by atoms with van der Waals surface area (Å²) in [6.45, 7) is 3.20. The molecular weight excluding hydrogens is 384 g/mol. The van der Waals surface area contributed by atoms with Gasteiger partial charge in [0.2, 0.25) is 0 Å². The number of ether oxygens (including phenoxy) is 3. The zero-order valence-electron chi connectivity index (χ0n) is 17.6. The van der Waals surface area contributed by atoms with Gasteiger partial charge in [-0.2, -0.15) is 0 Å². The number of benzene rings is 2. The average Bonchev–Trinajstić information content (AvgIpc) is 2.78. The highest BCUT2D eigenvalue weighted by Gasteiger charge is 2.24. The number of nitrogens with zero attached hydrogens (tertiary/aromatic N) is 1. The third-order valence-corrected chi connectivity index (χ3v) is 5.21. The van der Waals surface area contributed by atoms with Gasteiger partial charge in [-0.3, -0.25) is 9.59 Å². The smallest absolute Gasteiger partial charge is 0.260 e. The van der Waals surface area contributed by atoms with E-state index in [9.17, 15) is 9.59 Å². The fourth-order valence-corrected chi connectivity index (χ4v) is 3.39. The molecule has 1 aliphatic heterocycles. The van der Waals surface area contributed by atoms with Gasteiger partial charge in [-0.25, -0.2) is 0 Å². The van der Waals surface area contributed by atoms with Crippen molar-refractivity contribution in [2.24, 2.45) is 0 Å². The summed E-state index contributed by atoms with van der Waals surface area (Å²) in [6, 6.07) is 12.7. The monoisotopic (exact) mass is 412 g/mol. The van der Waals surface area contributed by atoms with Crippen molar-refractivity contribution in [3.63, 3.8) is 0 Å². The second-order valence-corrected chi connectivity index (χ2v) is 7.30. The standard InChI is InChI=1S/C23H28N2O5/c1-16-4-7-19(8-5-16)30-15-22(26)25-12-10-18(11-13-25)24-23(27)17-6-9-20(28-2)21(14-17)29-3/h4-9,14,18H,10-13,15H2,1-3H3,(H,24,27). The van der Waals surface area contributed by atoms with Crippen LogP contribution in [0.2, 0.25) is 0 Å². The van der Waals surface area contributed by atoms with Crippen molar-refractivity contribution < 1.29 is 23.8 Å². The fourth-order valence-electron chi connectivity index (χ4n) is 3.39. The SMILES string of the molecule is COc1ccc(C(=O)NC2CCN(C(=O)COc3ccc(C)cc3)CC2)cc1OC. The van der Waals surface area contributed by atoms with Crippen molar-refractivity contribution in [2.45, 2.75) is 25.8 Å². The summed E-state index contributed by atoms with van der Waals surface area (Å²) in [5.74, 6) is 1.57. The van der Waals surface area contributed by atoms with Crippen LogP contribution in [-0.2, 0) is 4.79 Å². The van der Waals surface area contributed by atoms with Crippen molar-refractivity contribution in [3.8, 4) is 17.2 Å². The van der Waals surface area contributed by atoms with Crippen molar-refractivity contribution in [3.05, 3.63) is 53.6 Å². The zero-order chi connectivity index (χ0) is 21.5. The van der Waals surface area contributed by atoms with Gasteiger partial charge in [0.1, 0.15) is 5.75 Å². The van der Waals surface area contributed by atoms with E-state index in [-0.39, 0.29) is 24.5 Å². The summed E-state index contributed by atoms with van der Waals surface area (Å²) in [7, 11) is 3.09. The first-order valence-electron chi connectivity index (χ1n) is 10.00. The predicted molar refractivity (Wildman–Crippen MR) is 113 cm³/mol. The number of amides is 2. The molecule has 0 saturated carbocycles. The van der Waals surface area contributed by atoms with E-state index in [4.69, 9.17) is 14.2 Å². The van der Waals surface area contributed by atoms with Crippen LogP contribution in [0.4, 0.5) is 0 Å². The Kier molecular flexibility index (Phi) is 7.17. The molecule has 0 unspecified atom stereocenters. The molecule has 7 nitrogen and oxygen atoms in total. The number of carbonyl (C=O) groups excluding carboxylic acids is 2. The molecule has 1 fully saturated rings. The minimum atomic E-state index is -0.163. The van der Waals surface area contributed by atoms with E-state index < -0.39 is 0 Å². The third-order valence-electron chi connectivity index (χ3n) is 5.21. The van der Waals surface area contributed by atoms with Crippen molar-refractivity contribution in [1.82, 2.24) is 10.2 Å². The molecule has 1 heterocycles. The predicted octanol–water partition coefficient (Wildman–Crippen LogP) is 2.81. The summed E-state index contributed by atoms with van der Waals surface area (Å²) in [5, 5.41) is 3.04. The lowest BCUT2D eigenvalue weighted by molar-refractivity contribution is -0.134. The molecule has 1 aliphatic rings. The second kappa shape index (κ2) is 10.0. The van der Waals surface area contributed by atoms with Gasteiger partial charge in [-0.05, 0) is 50.1 Å². The number of likely N-dealkylation sites (tertiary alicyclic amines) is 1. The van der Waals surface area contributed by atoms with Crippen LogP contribution in [0, 0.1) is 6.92 Å². The highest BCUT2D eigenvalue weighted by molar-refractivity contribution is 5.95. The van der Waals surface area contributed by atoms with Gasteiger partial charge in [0.05, 0.1) is 14.2 Å². The van der Waals surface area contributed by atoms with Crippen LogP contribution in [0.25, 0.3) is 0 Å². The number of methoxy groups -OCH3 is 2. The molecule has 2 aromatic carbocycles. The van der Waals surface area contributed by atoms with Gasteiger partial charge in [0.25, 0.3) is 11.8 Å². The van der Waals surface area contributed by atoms with E-state index in [1.807, 2.05) is 31.2 Å². The van der Waals surface area contributed by atoms with Gasteiger partial charge < -0.3 is 24.4 Å². The molecule has 7 heteroatoms. The largest absolute Gasteiger partial charge is 0.493 e. The van der Waals surface area contributed by atoms with E-state index in [0.29, 0.717) is 48.7 Å². The van der Waals surface area contributed by atoms with Crippen LogP contribution in [0.1, 0.15) is 28.8 Å². The lowest BCUT2D eigenvalue weighted by Crippen LogP contribution is -2.47. The zero-order valence-corrected chi connectivity index (χ0v) is 17.6. The van der Waals surface area contributed by atoms with Crippen molar-refractivity contribution in [1.29, 1.82) is 0 Å². The van der Waals surface area contributed by atoms with Crippen LogP contribution in [0.3, 0.4) is 0 Å². The maximum atomic E-state index is 12.6. The molecule has 2 aromatic rings. The number of piperidine rings is 1. The Morgan fingerprint density at radius 1 is 1.00 bits per heavy atom. The summed E-state index contributed by atoms with van der Waals surface area (Å²) in [4.78, 5) is 26.8. The number of nitrogens with one attached hydrogen (secondary N) is 1. The maximum absolute atomic E-state index is 12.6. The average molecular weight is 412 g/mol. The van der Waals surface area contributed by atoms with E-state index >= 15 is 0 Å². The second-order valence-electron chi connectivity index (χ2n) is 7.30. The van der Waals surface area contributed by atoms with Crippen LogP contribution < -0.4 is 19.5 Å². The Morgan fingerprint density at radius 2 is 1.67 bits per heavy atom. The quantitative estimate of drug-likeness (QED) is 0.757. The number of hydrogen-bond acceptors (Lipinski definition) is 5. The summed E-state index contributed by atoms with van der Waals surface area (Å²) in [5.41, 5.74) is 1.66. The highest BCUT2D eigenvalue weighted by atomic mass is 16.5. The van der Waals surface area contributed by atoms with Gasteiger partial charge in [-0.15, -0.1) is 0 Å². The Morgan fingerprint density at radius 3 is 2.30 bits per heavy atom. The molecule has 160 valence electrons. The molecule has 0 radical (unpaired) electrons. The molecule has 30 heavy (non-hydrogen) atoms. The van der Waals surface area contributed by atoms with E-state index in [2.05, 4.69) is 5.32 Å². The van der Waals surface area contributed by atoms with Crippen molar-refractivity contribution in [2.75, 3.05) is 33.9 Å². The van der Waals surface area contributed by atoms with Gasteiger partial charge in [0, 0.05) is 24.7 Å². The molecule has 1 N–H and O–H groups in total. The van der Waals surface area contributed by atoms with E-state index in [0.717, 1.165) is 5.56 Å². The molecule has 0 bridgehead atoms. The summed E-state index contributed by atoms with van der Waals surface area (Å²) >= 11 is 0. The molecule has 3 rings (SSSR count). The molecule has 0 aromatic heterocycles. The third kappa shape index (κ3) is 5.43. The first-order valence-corrected chi connectivity index (χ1v) is 10.00.